The molecule has 1 spiro atoms. The van der Waals surface area contributed by atoms with Gasteiger partial charge in [-0.2, -0.15) is 0 Å². The number of esters is 1. The van der Waals surface area contributed by atoms with Gasteiger partial charge in [-0.15, -0.1) is 11.5 Å². The molecule has 3 aromatic carbocycles. The van der Waals surface area contributed by atoms with Gasteiger partial charge in [0.2, 0.25) is 0 Å². The van der Waals surface area contributed by atoms with Crippen molar-refractivity contribution in [3.8, 4) is 23.0 Å². The average molecular weight is 850 g/mol. The van der Waals surface area contributed by atoms with Crippen LogP contribution >= 0.6 is 0 Å². The van der Waals surface area contributed by atoms with Crippen LogP contribution in [0.25, 0.3) is 0 Å². The number of ether oxygens (including phenoxy) is 2. The number of fused-ring (bicyclic) bond motifs is 6. The van der Waals surface area contributed by atoms with Gasteiger partial charge in [0.05, 0.1) is 5.56 Å². The smallest absolute Gasteiger partial charge is 0.872 e. The first kappa shape index (κ1) is 30.4. The molecular formula is C24H16Hg2O9. The minimum atomic E-state index is -1.22. The molecule has 0 fully saturated rings. The van der Waals surface area contributed by atoms with E-state index in [2.05, 4.69) is 0 Å². The van der Waals surface area contributed by atoms with Gasteiger partial charge in [0.25, 0.3) is 0 Å². The molecule has 0 amide bonds. The summed E-state index contributed by atoms with van der Waals surface area (Å²) in [5, 5.41) is 41.3. The molecule has 0 N–H and O–H groups in total. The summed E-state index contributed by atoms with van der Waals surface area (Å²) >= 11 is 0. The van der Waals surface area contributed by atoms with E-state index in [4.69, 9.17) is 29.3 Å². The Bertz CT molecular complexity index is 1190. The average Bonchev–Trinajstić information content (AvgIpc) is 3.00. The Labute approximate surface area is 241 Å². The van der Waals surface area contributed by atoms with Gasteiger partial charge >= 0.3 is 61.3 Å². The normalized spacial score (nSPS) is 12.7. The molecule has 0 radical (unpaired) electrons. The van der Waals surface area contributed by atoms with Crippen molar-refractivity contribution in [3.05, 3.63) is 82.9 Å². The van der Waals surface area contributed by atoms with Crippen molar-refractivity contribution >= 4 is 17.9 Å². The first-order valence-electron chi connectivity index (χ1n) is 9.55. The van der Waals surface area contributed by atoms with E-state index in [0.717, 1.165) is 13.8 Å². The third-order valence-corrected chi connectivity index (χ3v) is 4.66. The molecule has 170 valence electrons. The minimum Gasteiger partial charge on any atom is -0.872 e. The third kappa shape index (κ3) is 6.32. The molecule has 0 unspecified atom stereocenters. The Morgan fingerprint density at radius 2 is 1.17 bits per heavy atom. The van der Waals surface area contributed by atoms with Gasteiger partial charge in [0.15, 0.2) is 5.60 Å². The van der Waals surface area contributed by atoms with E-state index < -0.39 is 23.5 Å². The molecule has 2 heterocycles. The summed E-state index contributed by atoms with van der Waals surface area (Å²) in [5.74, 6) is -2.50. The maximum absolute atomic E-state index is 12.5. The number of carbonyl (C=O) groups is 3. The molecule has 0 atom stereocenters. The summed E-state index contributed by atoms with van der Waals surface area (Å²) in [7, 11) is 0. The van der Waals surface area contributed by atoms with Crippen molar-refractivity contribution in [2.24, 2.45) is 0 Å². The minimum absolute atomic E-state index is 0. The molecule has 3 aromatic rings. The zero-order valence-electron chi connectivity index (χ0n) is 18.9. The predicted octanol–water partition coefficient (Wildman–Crippen LogP) is -0.0908. The molecule has 5 rings (SSSR count). The van der Waals surface area contributed by atoms with Crippen LogP contribution in [0.15, 0.2) is 60.7 Å². The van der Waals surface area contributed by atoms with Crippen LogP contribution in [0.3, 0.4) is 0 Å². The topological polar surface area (TPSA) is 162 Å². The summed E-state index contributed by atoms with van der Waals surface area (Å²) < 4.78 is 11.7. The fraction of sp³-hybridized carbons (Fsp3) is 0.125. The summed E-state index contributed by atoms with van der Waals surface area (Å²) in [6, 6.07) is 15.8. The fourth-order valence-electron chi connectivity index (χ4n) is 3.64. The fourth-order valence-corrected chi connectivity index (χ4v) is 3.64. The zero-order chi connectivity index (χ0) is 24.3. The molecule has 0 saturated heterocycles. The molecular weight excluding hydrogens is 833 g/mol. The van der Waals surface area contributed by atoms with E-state index in [-0.39, 0.29) is 78.3 Å². The number of benzene rings is 3. The van der Waals surface area contributed by atoms with E-state index >= 15 is 0 Å². The summed E-state index contributed by atoms with van der Waals surface area (Å²) in [6.07, 6.45) is 0. The monoisotopic (exact) mass is 852 g/mol. The van der Waals surface area contributed by atoms with Crippen LogP contribution in [0, 0.1) is 0 Å². The van der Waals surface area contributed by atoms with Crippen molar-refractivity contribution in [1.82, 2.24) is 0 Å². The summed E-state index contributed by atoms with van der Waals surface area (Å²) in [5.41, 5.74) is 1.03. The van der Waals surface area contributed by atoms with Gasteiger partial charge in [0, 0.05) is 28.6 Å². The van der Waals surface area contributed by atoms with Crippen LogP contribution in [-0.2, 0) is 75.3 Å². The largest absolute Gasteiger partial charge is 2.00 e. The number of carboxylic acid groups (broad SMARTS) is 2. The Kier molecular flexibility index (Phi) is 10.7. The second-order valence-electron chi connectivity index (χ2n) is 7.02. The van der Waals surface area contributed by atoms with Crippen LogP contribution < -0.4 is 25.2 Å². The van der Waals surface area contributed by atoms with Crippen molar-refractivity contribution in [2.45, 2.75) is 19.4 Å². The number of rotatable bonds is 0. The first-order valence-corrected chi connectivity index (χ1v) is 9.55. The number of carbonyl (C=O) groups excluding carboxylic acids is 3. The maximum Gasteiger partial charge on any atom is 2.00 e. The molecule has 2 aliphatic heterocycles. The maximum atomic E-state index is 12.5. The van der Waals surface area contributed by atoms with Crippen LogP contribution in [-0.4, -0.2) is 17.9 Å². The van der Waals surface area contributed by atoms with E-state index in [1.165, 1.54) is 24.3 Å². The van der Waals surface area contributed by atoms with Crippen LogP contribution in [0.2, 0.25) is 0 Å². The van der Waals surface area contributed by atoms with Crippen molar-refractivity contribution < 1.29 is 99.6 Å². The molecule has 0 saturated carbocycles. The molecule has 0 bridgehead atoms. The zero-order valence-corrected chi connectivity index (χ0v) is 29.9. The Morgan fingerprint density at radius 3 is 1.63 bits per heavy atom. The van der Waals surface area contributed by atoms with Gasteiger partial charge in [-0.05, 0) is 32.0 Å². The number of hydrogen-bond acceptors (Lipinski definition) is 9. The molecule has 0 aromatic heterocycles. The van der Waals surface area contributed by atoms with E-state index in [9.17, 15) is 15.0 Å². The Morgan fingerprint density at radius 1 is 0.743 bits per heavy atom. The van der Waals surface area contributed by atoms with Gasteiger partial charge in [-0.1, -0.05) is 42.5 Å². The third-order valence-electron chi connectivity index (χ3n) is 4.66. The van der Waals surface area contributed by atoms with Gasteiger partial charge in [-0.3, -0.25) is 0 Å². The quantitative estimate of drug-likeness (QED) is 0.223. The molecule has 9 nitrogen and oxygen atoms in total. The van der Waals surface area contributed by atoms with Crippen molar-refractivity contribution in [3.63, 3.8) is 0 Å². The van der Waals surface area contributed by atoms with E-state index in [1.54, 1.807) is 24.3 Å². The molecule has 11 heteroatoms. The van der Waals surface area contributed by atoms with E-state index in [1.807, 2.05) is 12.1 Å². The van der Waals surface area contributed by atoms with Crippen molar-refractivity contribution in [1.29, 1.82) is 0 Å². The molecule has 0 aliphatic carbocycles. The summed E-state index contributed by atoms with van der Waals surface area (Å²) in [4.78, 5) is 30.3. The number of carboxylic acids is 2. The predicted molar refractivity (Wildman–Crippen MR) is 105 cm³/mol. The summed E-state index contributed by atoms with van der Waals surface area (Å²) in [6.45, 7) is 1.94. The second kappa shape index (κ2) is 12.3. The second-order valence-corrected chi connectivity index (χ2v) is 7.02. The SMILES string of the molecule is CC(=O)[O-].CC(=O)[O-].O=C1OC2(c3ccc([O-])cc3Oc3cc([O-])ccc32)c2ccccc21.[Hg+2].[Hg+2]. The molecule has 2 aliphatic rings. The van der Waals surface area contributed by atoms with Gasteiger partial charge in [0.1, 0.15) is 11.5 Å². The molecule has 35 heavy (non-hydrogen) atoms. The standard InChI is InChI=1S/C20H12O5.2C2H4O2.2Hg/c21-11-5-7-15-17(9-11)24-18-10-12(22)6-8-16(18)20(15)14-4-2-1-3-13(14)19(23)25-20;2*1-2(3)4;;/h1-10,21-22H;2*1H3,(H,3,4);;/q;;;2*+2/p-4. The first-order chi connectivity index (χ1) is 15.6. The number of aliphatic carboxylic acids is 2. The Hall–Kier alpha value is -2.66. The van der Waals surface area contributed by atoms with Crippen LogP contribution in [0.1, 0.15) is 40.9 Å². The van der Waals surface area contributed by atoms with Gasteiger partial charge < -0.3 is 39.5 Å². The van der Waals surface area contributed by atoms with Crippen LogP contribution in [0.4, 0.5) is 0 Å². The van der Waals surface area contributed by atoms with Gasteiger partial charge in [-0.25, -0.2) is 4.79 Å². The van der Waals surface area contributed by atoms with Crippen LogP contribution in [0.5, 0.6) is 23.0 Å². The number of hydrogen-bond donors (Lipinski definition) is 0. The van der Waals surface area contributed by atoms with Crippen molar-refractivity contribution in [2.75, 3.05) is 0 Å². The van der Waals surface area contributed by atoms with E-state index in [0.29, 0.717) is 22.3 Å². The Balaban J connectivity index is 0.000000541.